The van der Waals surface area contributed by atoms with Crippen LogP contribution in [-0.4, -0.2) is 37.9 Å². The van der Waals surface area contributed by atoms with Crippen LogP contribution in [0.2, 0.25) is 0 Å². The van der Waals surface area contributed by atoms with Gasteiger partial charge in [0.15, 0.2) is 0 Å². The maximum atomic E-state index is 4.33. The summed E-state index contributed by atoms with van der Waals surface area (Å²) in [7, 11) is -0.0530. The zero-order valence-electron chi connectivity index (χ0n) is 10.8. The zero-order chi connectivity index (χ0) is 12.8. The second kappa shape index (κ2) is 6.09. The van der Waals surface area contributed by atoms with Gasteiger partial charge in [0.25, 0.3) is 0 Å². The molecule has 0 radical (unpaired) electrons. The van der Waals surface area contributed by atoms with Gasteiger partial charge in [-0.2, -0.15) is 10.2 Å². The predicted molar refractivity (Wildman–Crippen MR) is 72.8 cm³/mol. The standard InChI is InChI=1S/C12H18BN5/c1-3-5-10-16(4-2)13(17-11-6-8-14-17)18-12-7-9-15-18/h5-12H,3-4H2,1-2H3/b10-5-. The van der Waals surface area contributed by atoms with E-state index >= 15 is 0 Å². The molecular weight excluding hydrogens is 225 g/mol. The van der Waals surface area contributed by atoms with Crippen LogP contribution in [0, 0.1) is 0 Å². The van der Waals surface area contributed by atoms with E-state index < -0.39 is 0 Å². The monoisotopic (exact) mass is 243 g/mol. The molecule has 0 amide bonds. The van der Waals surface area contributed by atoms with E-state index in [1.807, 2.05) is 33.7 Å². The largest absolute Gasteiger partial charge is 0.547 e. The third-order valence-corrected chi connectivity index (χ3v) is 2.72. The van der Waals surface area contributed by atoms with Gasteiger partial charge < -0.3 is 4.81 Å². The van der Waals surface area contributed by atoms with Crippen molar-refractivity contribution in [2.24, 2.45) is 0 Å². The normalized spacial score (nSPS) is 11.0. The van der Waals surface area contributed by atoms with Gasteiger partial charge in [0.05, 0.1) is 0 Å². The Morgan fingerprint density at radius 3 is 2.11 bits per heavy atom. The van der Waals surface area contributed by atoms with Crippen molar-refractivity contribution in [3.63, 3.8) is 0 Å². The van der Waals surface area contributed by atoms with E-state index in [0.29, 0.717) is 0 Å². The van der Waals surface area contributed by atoms with Crippen molar-refractivity contribution in [1.82, 2.24) is 24.2 Å². The van der Waals surface area contributed by atoms with Gasteiger partial charge in [-0.3, -0.25) is 9.19 Å². The molecule has 0 N–H and O–H groups in total. The maximum absolute atomic E-state index is 4.33. The first-order valence-electron chi connectivity index (χ1n) is 6.27. The molecule has 6 heteroatoms. The first-order valence-corrected chi connectivity index (χ1v) is 6.27. The lowest BCUT2D eigenvalue weighted by Crippen LogP contribution is -2.48. The molecule has 0 unspecified atom stereocenters. The Kier molecular flexibility index (Phi) is 4.22. The summed E-state index contributed by atoms with van der Waals surface area (Å²) in [5.74, 6) is 0. The summed E-state index contributed by atoms with van der Waals surface area (Å²) in [4.78, 5) is 2.20. The van der Waals surface area contributed by atoms with Crippen LogP contribution in [0.1, 0.15) is 20.3 Å². The summed E-state index contributed by atoms with van der Waals surface area (Å²) in [5, 5.41) is 8.66. The van der Waals surface area contributed by atoms with Crippen LogP contribution in [0.3, 0.4) is 0 Å². The number of aromatic nitrogens is 4. The number of nitrogens with zero attached hydrogens (tertiary/aromatic N) is 5. The van der Waals surface area contributed by atoms with Crippen molar-refractivity contribution < 1.29 is 0 Å². The second-order valence-electron chi connectivity index (χ2n) is 3.94. The van der Waals surface area contributed by atoms with Crippen LogP contribution in [0.25, 0.3) is 0 Å². The van der Waals surface area contributed by atoms with Crippen LogP contribution in [0.5, 0.6) is 0 Å². The predicted octanol–water partition coefficient (Wildman–Crippen LogP) is 1.71. The minimum absolute atomic E-state index is 0.0530. The highest BCUT2D eigenvalue weighted by Gasteiger charge is 2.27. The minimum atomic E-state index is -0.0530. The van der Waals surface area contributed by atoms with Crippen LogP contribution in [-0.2, 0) is 0 Å². The first kappa shape index (κ1) is 12.5. The summed E-state index contributed by atoms with van der Waals surface area (Å²) in [6, 6.07) is 3.85. The molecule has 18 heavy (non-hydrogen) atoms. The van der Waals surface area contributed by atoms with Crippen molar-refractivity contribution in [3.8, 4) is 0 Å². The van der Waals surface area contributed by atoms with Gasteiger partial charge in [-0.05, 0) is 31.7 Å². The highest BCUT2D eigenvalue weighted by molar-refractivity contribution is 6.51. The topological polar surface area (TPSA) is 38.9 Å². The quantitative estimate of drug-likeness (QED) is 0.725. The van der Waals surface area contributed by atoms with E-state index in [-0.39, 0.29) is 7.12 Å². The van der Waals surface area contributed by atoms with Gasteiger partial charge >= 0.3 is 7.12 Å². The maximum Gasteiger partial charge on any atom is 0.547 e. The molecule has 2 rings (SSSR count). The fraction of sp³-hybridized carbons (Fsp3) is 0.333. The van der Waals surface area contributed by atoms with Crippen molar-refractivity contribution in [2.45, 2.75) is 20.3 Å². The molecule has 0 spiro atoms. The van der Waals surface area contributed by atoms with Crippen molar-refractivity contribution in [2.75, 3.05) is 6.54 Å². The summed E-state index contributed by atoms with van der Waals surface area (Å²) in [5.41, 5.74) is 0. The number of rotatable bonds is 6. The molecule has 5 nitrogen and oxygen atoms in total. The first-order chi connectivity index (χ1) is 8.86. The third-order valence-electron chi connectivity index (χ3n) is 2.72. The average molecular weight is 243 g/mol. The molecule has 0 atom stereocenters. The lowest BCUT2D eigenvalue weighted by atomic mass is 9.91. The van der Waals surface area contributed by atoms with Crippen molar-refractivity contribution >= 4 is 7.12 Å². The summed E-state index contributed by atoms with van der Waals surface area (Å²) < 4.78 is 3.80. The van der Waals surface area contributed by atoms with Gasteiger partial charge in [0.1, 0.15) is 0 Å². The summed E-state index contributed by atoms with van der Waals surface area (Å²) >= 11 is 0. The lowest BCUT2D eigenvalue weighted by Gasteiger charge is -2.25. The van der Waals surface area contributed by atoms with Crippen molar-refractivity contribution in [3.05, 3.63) is 49.2 Å². The van der Waals surface area contributed by atoms with Crippen LogP contribution in [0.4, 0.5) is 0 Å². The molecule has 0 fully saturated rings. The van der Waals surface area contributed by atoms with E-state index in [2.05, 4.69) is 41.1 Å². The lowest BCUT2D eigenvalue weighted by molar-refractivity contribution is 0.555. The van der Waals surface area contributed by atoms with Gasteiger partial charge in [0, 0.05) is 31.3 Å². The molecule has 0 aliphatic carbocycles. The number of allylic oxidation sites excluding steroid dienone is 1. The van der Waals surface area contributed by atoms with Gasteiger partial charge in [-0.25, -0.2) is 0 Å². The Hall–Kier alpha value is -1.98. The highest BCUT2D eigenvalue weighted by Crippen LogP contribution is 2.03. The van der Waals surface area contributed by atoms with E-state index in [9.17, 15) is 0 Å². The molecule has 0 aromatic carbocycles. The summed E-state index contributed by atoms with van der Waals surface area (Å²) in [6.45, 7) is 5.14. The van der Waals surface area contributed by atoms with E-state index in [1.165, 1.54) is 0 Å². The molecule has 2 aromatic heterocycles. The summed E-state index contributed by atoms with van der Waals surface area (Å²) in [6.07, 6.45) is 12.7. The van der Waals surface area contributed by atoms with Gasteiger partial charge in [0.2, 0.25) is 0 Å². The molecule has 0 aliphatic heterocycles. The molecular formula is C12H18BN5. The zero-order valence-corrected chi connectivity index (χ0v) is 10.8. The van der Waals surface area contributed by atoms with E-state index in [0.717, 1.165) is 13.0 Å². The molecule has 2 heterocycles. The molecule has 0 bridgehead atoms. The Bertz CT molecular complexity index is 428. The molecule has 0 saturated carbocycles. The smallest absolute Gasteiger partial charge is 0.380 e. The SMILES string of the molecule is CC/C=C\N(CC)B(n1cccn1)n1cccn1. The van der Waals surface area contributed by atoms with Crippen LogP contribution >= 0.6 is 0 Å². The van der Waals surface area contributed by atoms with E-state index in [1.54, 1.807) is 12.4 Å². The fourth-order valence-corrected chi connectivity index (χ4v) is 1.85. The molecule has 0 aliphatic rings. The molecule has 2 aromatic rings. The Morgan fingerprint density at radius 1 is 1.11 bits per heavy atom. The van der Waals surface area contributed by atoms with Crippen LogP contribution < -0.4 is 0 Å². The van der Waals surface area contributed by atoms with E-state index in [4.69, 9.17) is 0 Å². The van der Waals surface area contributed by atoms with Gasteiger partial charge in [-0.15, -0.1) is 0 Å². The molecule has 0 saturated heterocycles. The molecule has 94 valence electrons. The Morgan fingerprint density at radius 2 is 1.72 bits per heavy atom. The Balaban J connectivity index is 2.32. The minimum Gasteiger partial charge on any atom is -0.380 e. The van der Waals surface area contributed by atoms with Gasteiger partial charge in [-0.1, -0.05) is 13.0 Å². The third kappa shape index (κ3) is 2.64. The fourth-order valence-electron chi connectivity index (χ4n) is 1.85. The number of hydrogen-bond donors (Lipinski definition) is 0. The highest BCUT2D eigenvalue weighted by atomic mass is 15.4. The van der Waals surface area contributed by atoms with Crippen molar-refractivity contribution in [1.29, 1.82) is 0 Å². The number of hydrogen-bond acceptors (Lipinski definition) is 3. The average Bonchev–Trinajstić information content (AvgIpc) is 3.07. The van der Waals surface area contributed by atoms with Crippen LogP contribution in [0.15, 0.2) is 49.2 Å². The second-order valence-corrected chi connectivity index (χ2v) is 3.94. The Labute approximate surface area is 108 Å².